The molecule has 2 aliphatic heterocycles. The third-order valence-electron chi connectivity index (χ3n) is 4.25. The minimum atomic E-state index is -1.66. The Kier molecular flexibility index (Phi) is 3.53. The van der Waals surface area contributed by atoms with Crippen molar-refractivity contribution in [3.05, 3.63) is 52.6 Å². The molecular weight excluding hydrogens is 310 g/mol. The Labute approximate surface area is 138 Å². The molecule has 1 aromatic carbocycles. The summed E-state index contributed by atoms with van der Waals surface area (Å²) in [4.78, 5) is 25.5. The van der Waals surface area contributed by atoms with Crippen LogP contribution in [0.1, 0.15) is 18.9 Å². The lowest BCUT2D eigenvalue weighted by Crippen LogP contribution is -2.45. The summed E-state index contributed by atoms with van der Waals surface area (Å²) in [6, 6.07) is 8.79. The number of ether oxygens (including phenoxy) is 2. The van der Waals surface area contributed by atoms with E-state index in [1.54, 1.807) is 31.2 Å². The van der Waals surface area contributed by atoms with E-state index in [-0.39, 0.29) is 22.8 Å². The summed E-state index contributed by atoms with van der Waals surface area (Å²) >= 11 is 0. The Bertz CT molecular complexity index is 863. The zero-order valence-corrected chi connectivity index (χ0v) is 13.2. The van der Waals surface area contributed by atoms with E-state index in [1.807, 2.05) is 6.07 Å². The maximum atomic E-state index is 13.0. The smallest absolute Gasteiger partial charge is 0.339 e. The lowest BCUT2D eigenvalue weighted by molar-refractivity contribution is -0.138. The minimum absolute atomic E-state index is 0.0132. The number of nitriles is 1. The number of para-hydroxylation sites is 1. The van der Waals surface area contributed by atoms with Gasteiger partial charge in [-0.05, 0) is 6.07 Å². The van der Waals surface area contributed by atoms with Crippen LogP contribution < -0.4 is 11.1 Å². The first-order valence-electron chi connectivity index (χ1n) is 7.33. The number of carbonyl (C=O) groups is 2. The number of nitrogens with zero attached hydrogens (tertiary/aromatic N) is 1. The summed E-state index contributed by atoms with van der Waals surface area (Å²) in [5.74, 6) is -1.24. The molecule has 1 spiro atoms. The quantitative estimate of drug-likeness (QED) is 0.795. The molecule has 3 rings (SSSR count). The summed E-state index contributed by atoms with van der Waals surface area (Å²) in [6.45, 7) is 1.76. The molecule has 1 amide bonds. The molecule has 0 aliphatic carbocycles. The van der Waals surface area contributed by atoms with Gasteiger partial charge in [0.2, 0.25) is 11.8 Å². The van der Waals surface area contributed by atoms with Crippen LogP contribution in [-0.2, 0) is 24.5 Å². The molecule has 0 fully saturated rings. The van der Waals surface area contributed by atoms with E-state index in [9.17, 15) is 14.9 Å². The number of carbonyl (C=O) groups excluding carboxylic acids is 2. The molecule has 0 saturated heterocycles. The first-order valence-corrected chi connectivity index (χ1v) is 7.33. The maximum Gasteiger partial charge on any atom is 0.339 e. The summed E-state index contributed by atoms with van der Waals surface area (Å²) < 4.78 is 10.3. The zero-order valence-electron chi connectivity index (χ0n) is 13.2. The fourth-order valence-electron chi connectivity index (χ4n) is 3.26. The topological polar surface area (TPSA) is 114 Å². The van der Waals surface area contributed by atoms with Crippen molar-refractivity contribution < 1.29 is 19.1 Å². The number of anilines is 1. The van der Waals surface area contributed by atoms with Crippen molar-refractivity contribution in [2.24, 2.45) is 5.73 Å². The van der Waals surface area contributed by atoms with Gasteiger partial charge in [-0.1, -0.05) is 25.1 Å². The van der Waals surface area contributed by atoms with Gasteiger partial charge < -0.3 is 20.5 Å². The van der Waals surface area contributed by atoms with E-state index in [0.29, 0.717) is 17.7 Å². The largest absolute Gasteiger partial charge is 0.466 e. The normalized spacial score (nSPS) is 22.0. The number of fused-ring (bicyclic) bond motifs is 2. The van der Waals surface area contributed by atoms with Gasteiger partial charge in [0.1, 0.15) is 23.0 Å². The van der Waals surface area contributed by atoms with E-state index in [0.717, 1.165) is 0 Å². The molecule has 0 radical (unpaired) electrons. The predicted molar refractivity (Wildman–Crippen MR) is 84.0 cm³/mol. The Balaban J connectivity index is 2.45. The van der Waals surface area contributed by atoms with Gasteiger partial charge in [-0.3, -0.25) is 4.79 Å². The highest BCUT2D eigenvalue weighted by Crippen LogP contribution is 2.52. The first kappa shape index (κ1) is 15.6. The average Bonchev–Trinajstić information content (AvgIpc) is 2.87. The molecule has 7 heteroatoms. The molecule has 1 atom stereocenters. The van der Waals surface area contributed by atoms with Crippen molar-refractivity contribution in [2.45, 2.75) is 18.8 Å². The number of hydrogen-bond acceptors (Lipinski definition) is 6. The van der Waals surface area contributed by atoms with Gasteiger partial charge in [0, 0.05) is 17.7 Å². The van der Waals surface area contributed by atoms with Crippen molar-refractivity contribution in [1.29, 1.82) is 5.26 Å². The van der Waals surface area contributed by atoms with Crippen LogP contribution in [0.15, 0.2) is 47.1 Å². The lowest BCUT2D eigenvalue weighted by Gasteiger charge is -2.34. The number of hydrogen-bond donors (Lipinski definition) is 2. The van der Waals surface area contributed by atoms with Crippen molar-refractivity contribution in [2.75, 3.05) is 12.4 Å². The average molecular weight is 325 g/mol. The number of esters is 1. The molecule has 0 aromatic heterocycles. The molecule has 1 aromatic rings. The number of rotatable bonds is 2. The van der Waals surface area contributed by atoms with E-state index in [2.05, 4.69) is 5.32 Å². The highest BCUT2D eigenvalue weighted by molar-refractivity contribution is 6.17. The molecule has 1 unspecified atom stereocenters. The third kappa shape index (κ3) is 1.77. The van der Waals surface area contributed by atoms with Crippen LogP contribution in [0.5, 0.6) is 0 Å². The van der Waals surface area contributed by atoms with Crippen LogP contribution in [0.25, 0.3) is 0 Å². The summed E-state index contributed by atoms with van der Waals surface area (Å²) in [6.07, 6.45) is 0.307. The summed E-state index contributed by atoms with van der Waals surface area (Å²) in [7, 11) is 1.21. The molecule has 2 heterocycles. The molecule has 0 bridgehead atoms. The summed E-state index contributed by atoms with van der Waals surface area (Å²) in [5.41, 5.74) is 5.10. The van der Waals surface area contributed by atoms with Crippen molar-refractivity contribution in [1.82, 2.24) is 0 Å². The third-order valence-corrected chi connectivity index (χ3v) is 4.25. The van der Waals surface area contributed by atoms with Crippen LogP contribution >= 0.6 is 0 Å². The predicted octanol–water partition coefficient (Wildman–Crippen LogP) is 1.44. The van der Waals surface area contributed by atoms with Crippen LogP contribution in [0.2, 0.25) is 0 Å². The first-order chi connectivity index (χ1) is 11.5. The molecule has 0 saturated carbocycles. The van der Waals surface area contributed by atoms with Gasteiger partial charge in [-0.15, -0.1) is 0 Å². The highest BCUT2D eigenvalue weighted by Gasteiger charge is 2.59. The maximum absolute atomic E-state index is 13.0. The van der Waals surface area contributed by atoms with Gasteiger partial charge in [0.05, 0.1) is 7.11 Å². The number of benzene rings is 1. The molecular formula is C17H15N3O4. The van der Waals surface area contributed by atoms with Crippen LogP contribution in [0.4, 0.5) is 5.69 Å². The second-order valence-corrected chi connectivity index (χ2v) is 5.35. The second-order valence-electron chi connectivity index (χ2n) is 5.35. The van der Waals surface area contributed by atoms with Crippen LogP contribution in [0, 0.1) is 11.3 Å². The van der Waals surface area contributed by atoms with Gasteiger partial charge in [-0.25, -0.2) is 4.79 Å². The Morgan fingerprint density at radius 3 is 2.79 bits per heavy atom. The minimum Gasteiger partial charge on any atom is -0.466 e. The number of amides is 1. The monoisotopic (exact) mass is 325 g/mol. The van der Waals surface area contributed by atoms with E-state index < -0.39 is 17.3 Å². The highest BCUT2D eigenvalue weighted by atomic mass is 16.5. The van der Waals surface area contributed by atoms with Gasteiger partial charge in [-0.2, -0.15) is 5.26 Å². The molecule has 3 N–H and O–H groups in total. The number of nitrogens with one attached hydrogen (secondary N) is 1. The Morgan fingerprint density at radius 2 is 2.17 bits per heavy atom. The van der Waals surface area contributed by atoms with Gasteiger partial charge in [0.15, 0.2) is 5.41 Å². The van der Waals surface area contributed by atoms with Crippen molar-refractivity contribution in [3.63, 3.8) is 0 Å². The standard InChI is InChI=1S/C17H15N3O4/c1-3-12-13(15(21)23-2)17(10(8-18)14(19)24-12)9-6-4-5-7-11(9)20-16(17)22/h4-7H,3,19H2,1-2H3,(H,20,22). The second kappa shape index (κ2) is 5.42. The molecule has 2 aliphatic rings. The van der Waals surface area contributed by atoms with E-state index in [1.165, 1.54) is 7.11 Å². The Morgan fingerprint density at radius 1 is 1.46 bits per heavy atom. The fraction of sp³-hybridized carbons (Fsp3) is 0.235. The number of methoxy groups -OCH3 is 1. The van der Waals surface area contributed by atoms with Crippen LogP contribution in [-0.4, -0.2) is 19.0 Å². The van der Waals surface area contributed by atoms with Crippen molar-refractivity contribution in [3.8, 4) is 6.07 Å². The zero-order chi connectivity index (χ0) is 17.5. The van der Waals surface area contributed by atoms with E-state index in [4.69, 9.17) is 15.2 Å². The number of nitrogens with two attached hydrogens (primary N) is 1. The summed E-state index contributed by atoms with van der Waals surface area (Å²) in [5, 5.41) is 12.4. The SMILES string of the molecule is CCC1=C(C(=O)OC)C2(C(=O)Nc3ccccc32)C(C#N)=C(N)O1. The van der Waals surface area contributed by atoms with Gasteiger partial charge >= 0.3 is 5.97 Å². The van der Waals surface area contributed by atoms with Gasteiger partial charge in [0.25, 0.3) is 0 Å². The lowest BCUT2D eigenvalue weighted by atomic mass is 9.68. The van der Waals surface area contributed by atoms with E-state index >= 15 is 0 Å². The Hall–Kier alpha value is -3.27. The molecule has 122 valence electrons. The van der Waals surface area contributed by atoms with Crippen LogP contribution in [0.3, 0.4) is 0 Å². The van der Waals surface area contributed by atoms with Crippen molar-refractivity contribution >= 4 is 17.6 Å². The molecule has 7 nitrogen and oxygen atoms in total. The number of allylic oxidation sites excluding steroid dienone is 1. The molecule has 24 heavy (non-hydrogen) atoms. The fourth-order valence-corrected chi connectivity index (χ4v) is 3.26.